The highest BCUT2D eigenvalue weighted by Crippen LogP contribution is 2.27. The van der Waals surface area contributed by atoms with Gasteiger partial charge in [-0.25, -0.2) is 0 Å². The van der Waals surface area contributed by atoms with Gasteiger partial charge in [0.05, 0.1) is 6.10 Å². The van der Waals surface area contributed by atoms with Gasteiger partial charge in [0.2, 0.25) is 0 Å². The molecule has 0 saturated carbocycles. The summed E-state index contributed by atoms with van der Waals surface area (Å²) in [5, 5.41) is 0. The highest BCUT2D eigenvalue weighted by molar-refractivity contribution is 7.80. The highest BCUT2D eigenvalue weighted by Gasteiger charge is 2.29. The van der Waals surface area contributed by atoms with Gasteiger partial charge >= 0.3 is 0 Å². The van der Waals surface area contributed by atoms with Crippen molar-refractivity contribution >= 4 is 20.5 Å². The van der Waals surface area contributed by atoms with Crippen molar-refractivity contribution < 1.29 is 4.74 Å². The first-order valence-electron chi connectivity index (χ1n) is 3.79. The monoisotopic (exact) mass is 156 g/mol. The van der Waals surface area contributed by atoms with Crippen LogP contribution >= 0.6 is 12.6 Å². The second-order valence-corrected chi connectivity index (χ2v) is 3.16. The molecule has 0 bridgehead atoms. The molecule has 3 atom stereocenters. The molecule has 1 saturated heterocycles. The smallest absolute Gasteiger partial charge is 0.109 e. The maximum absolute atomic E-state index is 5.61. The van der Waals surface area contributed by atoms with E-state index in [1.54, 1.807) is 0 Å². The standard InChI is InChI=1S/C7H13BOS/c1-2-6-5(4-10)3-7(8)9-6/h5-7,10H,2-4H2,1H3. The molecule has 3 heteroatoms. The van der Waals surface area contributed by atoms with Crippen LogP contribution in [-0.2, 0) is 4.74 Å². The Kier molecular flexibility index (Phi) is 3.11. The second kappa shape index (κ2) is 3.68. The van der Waals surface area contributed by atoms with Crippen LogP contribution in [-0.4, -0.2) is 25.7 Å². The summed E-state index contributed by atoms with van der Waals surface area (Å²) in [6.45, 7) is 2.12. The van der Waals surface area contributed by atoms with E-state index in [9.17, 15) is 0 Å². The van der Waals surface area contributed by atoms with Gasteiger partial charge in [0.15, 0.2) is 0 Å². The van der Waals surface area contributed by atoms with Gasteiger partial charge in [0.25, 0.3) is 0 Å². The molecule has 0 aliphatic carbocycles. The predicted molar refractivity (Wildman–Crippen MR) is 46.7 cm³/mol. The Labute approximate surface area is 69.3 Å². The third kappa shape index (κ3) is 1.70. The summed E-state index contributed by atoms with van der Waals surface area (Å²) in [6, 6.07) is -0.0397. The molecule has 2 radical (unpaired) electrons. The average molecular weight is 156 g/mol. The van der Waals surface area contributed by atoms with E-state index in [4.69, 9.17) is 12.6 Å². The molecule has 1 aliphatic rings. The zero-order chi connectivity index (χ0) is 7.56. The van der Waals surface area contributed by atoms with Crippen molar-refractivity contribution in [2.45, 2.75) is 31.9 Å². The third-order valence-electron chi connectivity index (χ3n) is 2.05. The van der Waals surface area contributed by atoms with Crippen LogP contribution in [0, 0.1) is 5.92 Å². The molecule has 0 N–H and O–H groups in total. The Bertz CT molecular complexity index is 97.8. The first kappa shape index (κ1) is 8.47. The Morgan fingerprint density at radius 1 is 1.70 bits per heavy atom. The normalized spacial score (nSPS) is 40.4. The van der Waals surface area contributed by atoms with Gasteiger partial charge in [0.1, 0.15) is 7.85 Å². The summed E-state index contributed by atoms with van der Waals surface area (Å²) in [7, 11) is 5.61. The largest absolute Gasteiger partial charge is 0.384 e. The minimum absolute atomic E-state index is 0.0397. The van der Waals surface area contributed by atoms with Crippen LogP contribution in [0.3, 0.4) is 0 Å². The van der Waals surface area contributed by atoms with Crippen molar-refractivity contribution in [3.05, 3.63) is 0 Å². The molecule has 1 aliphatic heterocycles. The summed E-state index contributed by atoms with van der Waals surface area (Å²) in [4.78, 5) is 0. The molecule has 1 rings (SSSR count). The maximum Gasteiger partial charge on any atom is 0.109 e. The van der Waals surface area contributed by atoms with E-state index in [2.05, 4.69) is 19.6 Å². The van der Waals surface area contributed by atoms with Crippen molar-refractivity contribution in [2.24, 2.45) is 5.92 Å². The van der Waals surface area contributed by atoms with E-state index in [0.29, 0.717) is 12.0 Å². The lowest BCUT2D eigenvalue weighted by Gasteiger charge is -2.13. The zero-order valence-electron chi connectivity index (χ0n) is 6.29. The summed E-state index contributed by atoms with van der Waals surface area (Å²) in [5.74, 6) is 1.47. The predicted octanol–water partition coefficient (Wildman–Crippen LogP) is 1.23. The average Bonchev–Trinajstić information content (AvgIpc) is 2.30. The lowest BCUT2D eigenvalue weighted by Crippen LogP contribution is -2.15. The lowest BCUT2D eigenvalue weighted by atomic mass is 9.91. The highest BCUT2D eigenvalue weighted by atomic mass is 32.1. The summed E-state index contributed by atoms with van der Waals surface area (Å²) in [5.41, 5.74) is 0. The van der Waals surface area contributed by atoms with E-state index in [1.807, 2.05) is 0 Å². The molecule has 0 aromatic carbocycles. The van der Waals surface area contributed by atoms with E-state index >= 15 is 0 Å². The van der Waals surface area contributed by atoms with Crippen molar-refractivity contribution in [3.63, 3.8) is 0 Å². The van der Waals surface area contributed by atoms with Crippen molar-refractivity contribution in [3.8, 4) is 0 Å². The SMILES string of the molecule is [B]C1CC(CS)C(CC)O1. The van der Waals surface area contributed by atoms with Gasteiger partial charge in [0, 0.05) is 6.00 Å². The van der Waals surface area contributed by atoms with Gasteiger partial charge < -0.3 is 4.74 Å². The first-order chi connectivity index (χ1) is 4.77. The van der Waals surface area contributed by atoms with E-state index in [-0.39, 0.29) is 6.00 Å². The fourth-order valence-electron chi connectivity index (χ4n) is 1.46. The van der Waals surface area contributed by atoms with Gasteiger partial charge in [-0.2, -0.15) is 12.6 Å². The van der Waals surface area contributed by atoms with Crippen LogP contribution in [0.2, 0.25) is 0 Å². The number of rotatable bonds is 2. The Balaban J connectivity index is 2.41. The van der Waals surface area contributed by atoms with Gasteiger partial charge in [-0.3, -0.25) is 0 Å². The molecular weight excluding hydrogens is 143 g/mol. The molecule has 0 aromatic heterocycles. The molecular formula is C7H13BOS. The Morgan fingerprint density at radius 3 is 2.80 bits per heavy atom. The quantitative estimate of drug-likeness (QED) is 0.467. The van der Waals surface area contributed by atoms with Gasteiger partial charge in [-0.05, 0) is 24.5 Å². The maximum atomic E-state index is 5.61. The third-order valence-corrected chi connectivity index (χ3v) is 2.52. The number of ether oxygens (including phenoxy) is 1. The van der Waals surface area contributed by atoms with E-state index in [1.165, 1.54) is 0 Å². The molecule has 0 aromatic rings. The van der Waals surface area contributed by atoms with Crippen LogP contribution in [0.4, 0.5) is 0 Å². The number of thiol groups is 1. The summed E-state index contributed by atoms with van der Waals surface area (Å²) >= 11 is 4.23. The van der Waals surface area contributed by atoms with Crippen LogP contribution < -0.4 is 0 Å². The minimum atomic E-state index is -0.0397. The molecule has 3 unspecified atom stereocenters. The lowest BCUT2D eigenvalue weighted by molar-refractivity contribution is 0.0726. The summed E-state index contributed by atoms with van der Waals surface area (Å²) in [6.07, 6.45) is 2.38. The van der Waals surface area contributed by atoms with Crippen LogP contribution in [0.15, 0.2) is 0 Å². The Morgan fingerprint density at radius 2 is 2.40 bits per heavy atom. The topological polar surface area (TPSA) is 9.23 Å². The molecule has 1 fully saturated rings. The molecule has 1 nitrogen and oxygen atoms in total. The molecule has 0 amide bonds. The van der Waals surface area contributed by atoms with Crippen LogP contribution in [0.1, 0.15) is 19.8 Å². The van der Waals surface area contributed by atoms with Crippen molar-refractivity contribution in [1.82, 2.24) is 0 Å². The van der Waals surface area contributed by atoms with Crippen molar-refractivity contribution in [2.75, 3.05) is 5.75 Å². The second-order valence-electron chi connectivity index (χ2n) is 2.80. The zero-order valence-corrected chi connectivity index (χ0v) is 7.18. The van der Waals surface area contributed by atoms with Gasteiger partial charge in [-0.1, -0.05) is 6.92 Å². The Hall–Kier alpha value is 0.375. The van der Waals surface area contributed by atoms with Crippen LogP contribution in [0.25, 0.3) is 0 Å². The molecule has 10 heavy (non-hydrogen) atoms. The number of hydrogen-bond acceptors (Lipinski definition) is 2. The van der Waals surface area contributed by atoms with Crippen molar-refractivity contribution in [1.29, 1.82) is 0 Å². The minimum Gasteiger partial charge on any atom is -0.384 e. The van der Waals surface area contributed by atoms with E-state index < -0.39 is 0 Å². The van der Waals surface area contributed by atoms with Gasteiger partial charge in [-0.15, -0.1) is 0 Å². The first-order valence-corrected chi connectivity index (χ1v) is 4.43. The number of hydrogen-bond donors (Lipinski definition) is 1. The molecule has 1 heterocycles. The molecule has 56 valence electrons. The summed E-state index contributed by atoms with van der Waals surface area (Å²) < 4.78 is 5.44. The van der Waals surface area contributed by atoms with Crippen LogP contribution in [0.5, 0.6) is 0 Å². The van der Waals surface area contributed by atoms with E-state index in [0.717, 1.165) is 18.6 Å². The fraction of sp³-hybridized carbons (Fsp3) is 1.00. The molecule has 0 spiro atoms. The fourth-order valence-corrected chi connectivity index (χ4v) is 1.85.